The molecule has 0 spiro atoms. The van der Waals surface area contributed by atoms with Gasteiger partial charge in [-0.2, -0.15) is 0 Å². The molecule has 0 radical (unpaired) electrons. The summed E-state index contributed by atoms with van der Waals surface area (Å²) in [6.07, 6.45) is 0.630. The predicted octanol–water partition coefficient (Wildman–Crippen LogP) is 4.46. The number of rotatable bonds is 5. The minimum atomic E-state index is -0.410. The first-order chi connectivity index (χ1) is 9.60. The van der Waals surface area contributed by atoms with Crippen LogP contribution in [0.1, 0.15) is 24.1 Å². The molecule has 2 aromatic rings. The first-order valence-electron chi connectivity index (χ1n) is 6.53. The molecule has 0 heterocycles. The van der Waals surface area contributed by atoms with Crippen LogP contribution in [0, 0.1) is 15.2 Å². The third-order valence-electron chi connectivity index (χ3n) is 3.14. The third-order valence-corrected chi connectivity index (χ3v) is 3.86. The molecule has 2 rings (SSSR count). The van der Waals surface area contributed by atoms with Crippen molar-refractivity contribution in [2.45, 2.75) is 19.4 Å². The van der Waals surface area contributed by atoms with Gasteiger partial charge in [-0.25, -0.2) is 8.78 Å². The summed E-state index contributed by atoms with van der Waals surface area (Å²) in [4.78, 5) is 0. The standard InChI is InChI=1S/C16H16F2IN/c1-2-20-16(9-11-3-6-13(19)7-4-11)14-10-12(17)5-8-15(14)18/h3-8,10,16,20H,2,9H2,1H3. The Bertz CT molecular complexity index is 569. The van der Waals surface area contributed by atoms with E-state index in [4.69, 9.17) is 0 Å². The zero-order valence-corrected chi connectivity index (χ0v) is 13.3. The summed E-state index contributed by atoms with van der Waals surface area (Å²) in [5.41, 5.74) is 1.48. The molecule has 0 aromatic heterocycles. The van der Waals surface area contributed by atoms with Crippen LogP contribution >= 0.6 is 22.6 Å². The van der Waals surface area contributed by atoms with Crippen molar-refractivity contribution in [3.05, 3.63) is 68.8 Å². The van der Waals surface area contributed by atoms with Gasteiger partial charge >= 0.3 is 0 Å². The molecule has 0 aliphatic rings. The summed E-state index contributed by atoms with van der Waals surface area (Å²) in [7, 11) is 0. The highest BCUT2D eigenvalue weighted by Crippen LogP contribution is 2.22. The largest absolute Gasteiger partial charge is 0.310 e. The topological polar surface area (TPSA) is 12.0 Å². The number of halogens is 3. The molecule has 0 saturated carbocycles. The van der Waals surface area contributed by atoms with Gasteiger partial charge in [-0.3, -0.25) is 0 Å². The highest BCUT2D eigenvalue weighted by Gasteiger charge is 2.16. The van der Waals surface area contributed by atoms with Crippen molar-refractivity contribution in [1.29, 1.82) is 0 Å². The number of hydrogen-bond donors (Lipinski definition) is 1. The maximum Gasteiger partial charge on any atom is 0.128 e. The fraction of sp³-hybridized carbons (Fsp3) is 0.250. The lowest BCUT2D eigenvalue weighted by Crippen LogP contribution is -2.24. The Hall–Kier alpha value is -1.01. The van der Waals surface area contributed by atoms with Crippen molar-refractivity contribution >= 4 is 22.6 Å². The molecule has 0 fully saturated rings. The van der Waals surface area contributed by atoms with Gasteiger partial charge in [0.1, 0.15) is 11.6 Å². The lowest BCUT2D eigenvalue weighted by Gasteiger charge is -2.19. The van der Waals surface area contributed by atoms with Gasteiger partial charge in [0.2, 0.25) is 0 Å². The van der Waals surface area contributed by atoms with Crippen LogP contribution in [-0.2, 0) is 6.42 Å². The lowest BCUT2D eigenvalue weighted by atomic mass is 9.98. The Balaban J connectivity index is 2.26. The van der Waals surface area contributed by atoms with E-state index in [1.54, 1.807) is 0 Å². The summed E-state index contributed by atoms with van der Waals surface area (Å²) in [5.74, 6) is -0.783. The molecule has 1 unspecified atom stereocenters. The normalized spacial score (nSPS) is 12.4. The van der Waals surface area contributed by atoms with Crippen LogP contribution < -0.4 is 5.32 Å². The average Bonchev–Trinajstić information content (AvgIpc) is 2.43. The van der Waals surface area contributed by atoms with E-state index in [1.807, 2.05) is 31.2 Å². The zero-order valence-electron chi connectivity index (χ0n) is 11.2. The highest BCUT2D eigenvalue weighted by atomic mass is 127. The van der Waals surface area contributed by atoms with Crippen molar-refractivity contribution in [2.75, 3.05) is 6.54 Å². The van der Waals surface area contributed by atoms with Crippen LogP contribution in [0.4, 0.5) is 8.78 Å². The number of nitrogens with one attached hydrogen (secondary N) is 1. The monoisotopic (exact) mass is 387 g/mol. The Morgan fingerprint density at radius 3 is 2.45 bits per heavy atom. The van der Waals surface area contributed by atoms with Gasteiger partial charge in [0.15, 0.2) is 0 Å². The summed E-state index contributed by atoms with van der Waals surface area (Å²) >= 11 is 2.24. The molecule has 0 amide bonds. The number of likely N-dealkylation sites (N-methyl/N-ethyl adjacent to an activating group) is 1. The van der Waals surface area contributed by atoms with Crippen LogP contribution in [-0.4, -0.2) is 6.54 Å². The molecule has 1 N–H and O–H groups in total. The van der Waals surface area contributed by atoms with Crippen molar-refractivity contribution in [1.82, 2.24) is 5.32 Å². The molecule has 0 aliphatic heterocycles. The maximum atomic E-state index is 13.9. The second-order valence-corrected chi connectivity index (χ2v) is 5.85. The fourth-order valence-electron chi connectivity index (χ4n) is 2.18. The predicted molar refractivity (Wildman–Crippen MR) is 85.6 cm³/mol. The van der Waals surface area contributed by atoms with E-state index in [9.17, 15) is 8.78 Å². The van der Waals surface area contributed by atoms with E-state index < -0.39 is 5.82 Å². The maximum absolute atomic E-state index is 13.9. The molecule has 0 bridgehead atoms. The van der Waals surface area contributed by atoms with Gasteiger partial charge in [0.25, 0.3) is 0 Å². The van der Waals surface area contributed by atoms with E-state index >= 15 is 0 Å². The summed E-state index contributed by atoms with van der Waals surface area (Å²) in [6.45, 7) is 2.66. The van der Waals surface area contributed by atoms with Crippen LogP contribution in [0.5, 0.6) is 0 Å². The number of benzene rings is 2. The first kappa shape index (κ1) is 15.4. The molecule has 1 atom stereocenters. The molecule has 0 aliphatic carbocycles. The van der Waals surface area contributed by atoms with Gasteiger partial charge in [-0.15, -0.1) is 0 Å². The van der Waals surface area contributed by atoms with Crippen LogP contribution in [0.3, 0.4) is 0 Å². The van der Waals surface area contributed by atoms with Crippen molar-refractivity contribution in [2.24, 2.45) is 0 Å². The summed E-state index contributed by atoms with van der Waals surface area (Å²) in [6, 6.07) is 11.4. The summed E-state index contributed by atoms with van der Waals surface area (Å²) in [5, 5.41) is 3.22. The molecule has 4 heteroatoms. The molecule has 20 heavy (non-hydrogen) atoms. The molecular weight excluding hydrogens is 371 g/mol. The van der Waals surface area contributed by atoms with Gasteiger partial charge in [-0.05, 0) is 71.5 Å². The van der Waals surface area contributed by atoms with E-state index in [0.717, 1.165) is 15.2 Å². The van der Waals surface area contributed by atoms with Crippen LogP contribution in [0.15, 0.2) is 42.5 Å². The van der Waals surface area contributed by atoms with Crippen molar-refractivity contribution in [3.63, 3.8) is 0 Å². The van der Waals surface area contributed by atoms with Gasteiger partial charge in [-0.1, -0.05) is 19.1 Å². The SMILES string of the molecule is CCNC(Cc1ccc(I)cc1)c1cc(F)ccc1F. The van der Waals surface area contributed by atoms with Gasteiger partial charge in [0, 0.05) is 15.2 Å². The minimum Gasteiger partial charge on any atom is -0.310 e. The minimum absolute atomic E-state index is 0.226. The first-order valence-corrected chi connectivity index (χ1v) is 7.60. The number of hydrogen-bond acceptors (Lipinski definition) is 1. The quantitative estimate of drug-likeness (QED) is 0.747. The molecule has 106 valence electrons. The van der Waals surface area contributed by atoms with Gasteiger partial charge in [0.05, 0.1) is 0 Å². The molecule has 2 aromatic carbocycles. The summed E-state index contributed by atoms with van der Waals surface area (Å²) < 4.78 is 28.4. The zero-order chi connectivity index (χ0) is 14.5. The lowest BCUT2D eigenvalue weighted by molar-refractivity contribution is 0.502. The fourth-order valence-corrected chi connectivity index (χ4v) is 2.54. The smallest absolute Gasteiger partial charge is 0.128 e. The van der Waals surface area contributed by atoms with E-state index in [2.05, 4.69) is 27.9 Å². The van der Waals surface area contributed by atoms with E-state index in [0.29, 0.717) is 18.5 Å². The second-order valence-electron chi connectivity index (χ2n) is 4.61. The van der Waals surface area contributed by atoms with Gasteiger partial charge < -0.3 is 5.32 Å². The van der Waals surface area contributed by atoms with E-state index in [1.165, 1.54) is 12.1 Å². The van der Waals surface area contributed by atoms with Crippen molar-refractivity contribution in [3.8, 4) is 0 Å². The third kappa shape index (κ3) is 3.99. The van der Waals surface area contributed by atoms with Crippen molar-refractivity contribution < 1.29 is 8.78 Å². The molecule has 1 nitrogen and oxygen atoms in total. The highest BCUT2D eigenvalue weighted by molar-refractivity contribution is 14.1. The Kier molecular flexibility index (Phi) is 5.48. The van der Waals surface area contributed by atoms with Crippen LogP contribution in [0.25, 0.3) is 0 Å². The average molecular weight is 387 g/mol. The Labute approximate surface area is 131 Å². The van der Waals surface area contributed by atoms with Crippen LogP contribution in [0.2, 0.25) is 0 Å². The Morgan fingerprint density at radius 2 is 1.80 bits per heavy atom. The molecular formula is C16H16F2IN. The Morgan fingerprint density at radius 1 is 1.10 bits per heavy atom. The second kappa shape index (κ2) is 7.13. The molecule has 0 saturated heterocycles. The van der Waals surface area contributed by atoms with E-state index in [-0.39, 0.29) is 11.9 Å².